The van der Waals surface area contributed by atoms with Crippen LogP contribution in [0, 0.1) is 6.92 Å². The molecule has 0 fully saturated rings. The molecule has 7 nitrogen and oxygen atoms in total. The van der Waals surface area contributed by atoms with Gasteiger partial charge < -0.3 is 18.9 Å². The van der Waals surface area contributed by atoms with Crippen LogP contribution in [0.15, 0.2) is 30.6 Å². The van der Waals surface area contributed by atoms with Gasteiger partial charge in [-0.05, 0) is 19.1 Å². The fraction of sp³-hybridized carbons (Fsp3) is 0.471. The Labute approximate surface area is 142 Å². The van der Waals surface area contributed by atoms with Crippen molar-refractivity contribution in [1.82, 2.24) is 15.0 Å². The highest BCUT2D eigenvalue weighted by Crippen LogP contribution is 2.18. The molecule has 0 saturated heterocycles. The first kappa shape index (κ1) is 18.3. The lowest BCUT2D eigenvalue weighted by molar-refractivity contribution is 0.0180. The topological polar surface area (TPSA) is 75.6 Å². The highest BCUT2D eigenvalue weighted by Gasteiger charge is 2.04. The van der Waals surface area contributed by atoms with E-state index in [1.165, 1.54) is 0 Å². The van der Waals surface area contributed by atoms with E-state index in [0.29, 0.717) is 56.9 Å². The van der Waals surface area contributed by atoms with Crippen molar-refractivity contribution in [3.63, 3.8) is 0 Å². The molecule has 0 aliphatic carbocycles. The molecule has 0 N–H and O–H groups in total. The molecule has 0 saturated carbocycles. The van der Waals surface area contributed by atoms with Gasteiger partial charge in [-0.15, -0.1) is 0 Å². The van der Waals surface area contributed by atoms with Crippen molar-refractivity contribution in [2.45, 2.75) is 6.92 Å². The van der Waals surface area contributed by atoms with Gasteiger partial charge in [0, 0.05) is 31.3 Å². The first-order valence-electron chi connectivity index (χ1n) is 7.83. The number of ether oxygens (including phenoxy) is 4. The number of pyridine rings is 1. The fourth-order valence-electron chi connectivity index (χ4n) is 1.88. The molecular formula is C17H23N3O4. The summed E-state index contributed by atoms with van der Waals surface area (Å²) in [4.78, 5) is 12.9. The van der Waals surface area contributed by atoms with Gasteiger partial charge in [-0.1, -0.05) is 0 Å². The van der Waals surface area contributed by atoms with Crippen LogP contribution in [-0.2, 0) is 14.2 Å². The molecule has 0 aliphatic rings. The minimum absolute atomic E-state index is 0.455. The third kappa shape index (κ3) is 6.57. The monoisotopic (exact) mass is 333 g/mol. The van der Waals surface area contributed by atoms with Crippen molar-refractivity contribution in [2.24, 2.45) is 0 Å². The molecule has 2 aromatic rings. The van der Waals surface area contributed by atoms with Crippen molar-refractivity contribution in [3.8, 4) is 17.3 Å². The Bertz CT molecular complexity index is 610. The van der Waals surface area contributed by atoms with Crippen LogP contribution < -0.4 is 4.74 Å². The number of hydrogen-bond acceptors (Lipinski definition) is 7. The van der Waals surface area contributed by atoms with Gasteiger partial charge in [0.05, 0.1) is 33.0 Å². The molecule has 0 bridgehead atoms. The normalized spacial score (nSPS) is 10.8. The first-order chi connectivity index (χ1) is 11.8. The molecule has 0 aromatic carbocycles. The van der Waals surface area contributed by atoms with Gasteiger partial charge in [-0.3, -0.25) is 4.98 Å². The van der Waals surface area contributed by atoms with Gasteiger partial charge >= 0.3 is 0 Å². The minimum Gasteiger partial charge on any atom is -0.491 e. The van der Waals surface area contributed by atoms with Crippen LogP contribution >= 0.6 is 0 Å². The van der Waals surface area contributed by atoms with Gasteiger partial charge in [0.25, 0.3) is 0 Å². The molecule has 0 aliphatic heterocycles. The number of methoxy groups -OCH3 is 1. The van der Waals surface area contributed by atoms with E-state index in [-0.39, 0.29) is 0 Å². The SMILES string of the molecule is COCCOCCOCCOc1ccnc(-c2nccc(C)n2)c1. The Morgan fingerprint density at radius 3 is 2.33 bits per heavy atom. The van der Waals surface area contributed by atoms with E-state index < -0.39 is 0 Å². The molecule has 0 radical (unpaired) electrons. The standard InChI is InChI=1S/C17H23N3O4/c1-14-3-5-19-17(20-14)16-13-15(4-6-18-16)24-12-11-23-10-9-22-8-7-21-2/h3-6,13H,7-12H2,1-2H3. The average molecular weight is 333 g/mol. The van der Waals surface area contributed by atoms with Crippen molar-refractivity contribution < 1.29 is 18.9 Å². The molecular weight excluding hydrogens is 310 g/mol. The van der Waals surface area contributed by atoms with Crippen molar-refractivity contribution >= 4 is 0 Å². The van der Waals surface area contributed by atoms with E-state index in [2.05, 4.69) is 15.0 Å². The maximum absolute atomic E-state index is 5.66. The highest BCUT2D eigenvalue weighted by atomic mass is 16.6. The number of aryl methyl sites for hydroxylation is 1. The number of nitrogens with zero attached hydrogens (tertiary/aromatic N) is 3. The molecule has 24 heavy (non-hydrogen) atoms. The summed E-state index contributed by atoms with van der Waals surface area (Å²) >= 11 is 0. The first-order valence-corrected chi connectivity index (χ1v) is 7.83. The predicted molar refractivity (Wildman–Crippen MR) is 89.0 cm³/mol. The van der Waals surface area contributed by atoms with Crippen molar-refractivity contribution in [3.05, 3.63) is 36.3 Å². The second kappa shape index (κ2) is 10.6. The zero-order chi connectivity index (χ0) is 17.0. The Hall–Kier alpha value is -2.09. The molecule has 2 heterocycles. The Kier molecular flexibility index (Phi) is 8.09. The van der Waals surface area contributed by atoms with Gasteiger partial charge in [0.15, 0.2) is 5.82 Å². The largest absolute Gasteiger partial charge is 0.491 e. The van der Waals surface area contributed by atoms with Crippen molar-refractivity contribution in [1.29, 1.82) is 0 Å². The van der Waals surface area contributed by atoms with Gasteiger partial charge in [0.1, 0.15) is 18.1 Å². The van der Waals surface area contributed by atoms with E-state index in [0.717, 1.165) is 5.69 Å². The van der Waals surface area contributed by atoms with E-state index in [9.17, 15) is 0 Å². The van der Waals surface area contributed by atoms with Crippen LogP contribution in [0.4, 0.5) is 0 Å². The third-order valence-electron chi connectivity index (χ3n) is 3.06. The number of hydrogen-bond donors (Lipinski definition) is 0. The summed E-state index contributed by atoms with van der Waals surface area (Å²) in [6, 6.07) is 5.47. The number of rotatable bonds is 11. The molecule has 0 atom stereocenters. The Morgan fingerprint density at radius 2 is 1.58 bits per heavy atom. The van der Waals surface area contributed by atoms with E-state index in [1.807, 2.05) is 19.1 Å². The van der Waals surface area contributed by atoms with Crippen LogP contribution in [0.2, 0.25) is 0 Å². The summed E-state index contributed by atoms with van der Waals surface area (Å²) < 4.78 is 21.3. The lowest BCUT2D eigenvalue weighted by Gasteiger charge is -2.08. The molecule has 0 unspecified atom stereocenters. The molecule has 2 aromatic heterocycles. The molecule has 7 heteroatoms. The summed E-state index contributed by atoms with van der Waals surface area (Å²) in [5.74, 6) is 1.30. The summed E-state index contributed by atoms with van der Waals surface area (Å²) in [5, 5.41) is 0. The minimum atomic E-state index is 0.455. The van der Waals surface area contributed by atoms with Crippen LogP contribution in [-0.4, -0.2) is 61.7 Å². The van der Waals surface area contributed by atoms with E-state index in [4.69, 9.17) is 18.9 Å². The highest BCUT2D eigenvalue weighted by molar-refractivity contribution is 5.51. The molecule has 0 amide bonds. The van der Waals surface area contributed by atoms with Crippen molar-refractivity contribution in [2.75, 3.05) is 46.8 Å². The maximum atomic E-state index is 5.66. The Morgan fingerprint density at radius 1 is 0.875 bits per heavy atom. The smallest absolute Gasteiger partial charge is 0.178 e. The quantitative estimate of drug-likeness (QED) is 0.581. The van der Waals surface area contributed by atoms with E-state index in [1.54, 1.807) is 25.6 Å². The molecule has 0 spiro atoms. The summed E-state index contributed by atoms with van der Waals surface area (Å²) in [6.07, 6.45) is 3.40. The molecule has 2 rings (SSSR count). The predicted octanol–water partition coefficient (Wildman–Crippen LogP) is 1.91. The second-order valence-electron chi connectivity index (χ2n) is 4.96. The average Bonchev–Trinajstić information content (AvgIpc) is 2.61. The van der Waals surface area contributed by atoms with Crippen LogP contribution in [0.1, 0.15) is 5.69 Å². The second-order valence-corrected chi connectivity index (χ2v) is 4.96. The lowest BCUT2D eigenvalue weighted by atomic mass is 10.3. The lowest BCUT2D eigenvalue weighted by Crippen LogP contribution is -2.12. The molecule has 130 valence electrons. The number of aromatic nitrogens is 3. The van der Waals surface area contributed by atoms with Crippen LogP contribution in [0.5, 0.6) is 5.75 Å². The summed E-state index contributed by atoms with van der Waals surface area (Å²) in [6.45, 7) is 5.12. The van der Waals surface area contributed by atoms with Gasteiger partial charge in [0.2, 0.25) is 0 Å². The zero-order valence-electron chi connectivity index (χ0n) is 14.1. The summed E-state index contributed by atoms with van der Waals surface area (Å²) in [7, 11) is 1.65. The van der Waals surface area contributed by atoms with Gasteiger partial charge in [-0.2, -0.15) is 0 Å². The van der Waals surface area contributed by atoms with Crippen LogP contribution in [0.25, 0.3) is 11.5 Å². The Balaban J connectivity index is 1.69. The van der Waals surface area contributed by atoms with E-state index >= 15 is 0 Å². The zero-order valence-corrected chi connectivity index (χ0v) is 14.1. The maximum Gasteiger partial charge on any atom is 0.178 e. The third-order valence-corrected chi connectivity index (χ3v) is 3.06. The fourth-order valence-corrected chi connectivity index (χ4v) is 1.88. The van der Waals surface area contributed by atoms with Gasteiger partial charge in [-0.25, -0.2) is 9.97 Å². The van der Waals surface area contributed by atoms with Crippen LogP contribution in [0.3, 0.4) is 0 Å². The summed E-state index contributed by atoms with van der Waals surface area (Å²) in [5.41, 5.74) is 1.58.